The maximum Gasteiger partial charge on any atom is 0.342 e. The predicted octanol–water partition coefficient (Wildman–Crippen LogP) is 2.22. The molecule has 1 aromatic carbocycles. The maximum absolute atomic E-state index is 10.4. The molecule has 2 aromatic rings. The highest BCUT2D eigenvalue weighted by molar-refractivity contribution is 6.17. The summed E-state index contributed by atoms with van der Waals surface area (Å²) in [6, 6.07) is 6.49. The summed E-state index contributed by atoms with van der Waals surface area (Å²) in [5.74, 6) is -0.0386. The molecule has 0 aliphatic rings. The van der Waals surface area contributed by atoms with Crippen LogP contribution in [-0.2, 0) is 12.4 Å². The Morgan fingerprint density at radius 2 is 2.00 bits per heavy atom. The van der Waals surface area contributed by atoms with E-state index in [2.05, 4.69) is 4.98 Å². The number of halogens is 1. The minimum atomic E-state index is -0.911. The summed E-state index contributed by atoms with van der Waals surface area (Å²) in [6.07, 6.45) is 1.19. The number of imidazole rings is 1. The van der Waals surface area contributed by atoms with E-state index in [4.69, 9.17) is 21.8 Å². The van der Waals surface area contributed by atoms with Gasteiger partial charge < -0.3 is 20.3 Å². The fourth-order valence-corrected chi connectivity index (χ4v) is 1.89. The Bertz CT molecular complexity index is 670. The van der Waals surface area contributed by atoms with E-state index in [9.17, 15) is 14.9 Å². The summed E-state index contributed by atoms with van der Waals surface area (Å²) in [4.78, 5) is 24.0. The number of aliphatic hydroxyl groups is 1. The van der Waals surface area contributed by atoms with E-state index >= 15 is 0 Å². The zero-order valence-corrected chi connectivity index (χ0v) is 13.1. The van der Waals surface area contributed by atoms with E-state index in [1.54, 1.807) is 31.2 Å². The largest absolute Gasteiger partial charge is 0.478 e. The highest BCUT2D eigenvalue weighted by Crippen LogP contribution is 2.12. The molecular formula is C14H16ClN3O5. The molecule has 0 bridgehead atoms. The lowest BCUT2D eigenvalue weighted by molar-refractivity contribution is -0.392. The molecule has 0 unspecified atom stereocenters. The molecule has 0 aliphatic heterocycles. The first-order valence-corrected chi connectivity index (χ1v) is 7.09. The van der Waals surface area contributed by atoms with E-state index in [1.807, 2.05) is 0 Å². The first-order valence-electron chi connectivity index (χ1n) is 6.56. The van der Waals surface area contributed by atoms with Gasteiger partial charge in [-0.25, -0.2) is 14.3 Å². The summed E-state index contributed by atoms with van der Waals surface area (Å²) < 4.78 is 1.36. The van der Waals surface area contributed by atoms with Crippen molar-refractivity contribution in [3.05, 3.63) is 57.5 Å². The molecule has 1 aromatic heterocycles. The van der Waals surface area contributed by atoms with Crippen molar-refractivity contribution in [2.75, 3.05) is 6.61 Å². The minimum Gasteiger partial charge on any atom is -0.478 e. The van der Waals surface area contributed by atoms with Crippen molar-refractivity contribution < 1.29 is 19.9 Å². The van der Waals surface area contributed by atoms with E-state index < -0.39 is 10.9 Å². The van der Waals surface area contributed by atoms with Gasteiger partial charge in [-0.2, -0.15) is 0 Å². The van der Waals surface area contributed by atoms with E-state index in [0.717, 1.165) is 5.56 Å². The standard InChI is InChI=1S/C8H7ClO2.C6H9N3O3/c9-5-6-1-3-7(4-2-6)8(10)11;1-5-7-4-6(9(11)12)8(5)2-3-10/h1-4H,5H2,(H,10,11);4,10H,2-3H2,1H3. The SMILES string of the molecule is Cc1ncc([N+](=O)[O-])n1CCO.O=C(O)c1ccc(CCl)cc1. The van der Waals surface area contributed by atoms with Gasteiger partial charge in [-0.05, 0) is 22.6 Å². The van der Waals surface area contributed by atoms with Crippen LogP contribution in [0.3, 0.4) is 0 Å². The average Bonchev–Trinajstić information content (AvgIpc) is 2.90. The van der Waals surface area contributed by atoms with Gasteiger partial charge in [0, 0.05) is 12.8 Å². The molecule has 0 saturated carbocycles. The van der Waals surface area contributed by atoms with Crippen LogP contribution < -0.4 is 0 Å². The van der Waals surface area contributed by atoms with Gasteiger partial charge in [0.25, 0.3) is 0 Å². The van der Waals surface area contributed by atoms with Gasteiger partial charge in [0.05, 0.1) is 12.2 Å². The number of rotatable bonds is 5. The number of nitrogens with zero attached hydrogens (tertiary/aromatic N) is 3. The molecule has 0 saturated heterocycles. The number of aryl methyl sites for hydroxylation is 1. The Labute approximate surface area is 137 Å². The maximum atomic E-state index is 10.4. The molecule has 1 heterocycles. The van der Waals surface area contributed by atoms with Crippen LogP contribution in [0.25, 0.3) is 0 Å². The van der Waals surface area contributed by atoms with Crippen molar-refractivity contribution >= 4 is 23.4 Å². The number of carboxylic acid groups (broad SMARTS) is 1. The van der Waals surface area contributed by atoms with Gasteiger partial charge in [0.15, 0.2) is 5.82 Å². The van der Waals surface area contributed by atoms with Crippen LogP contribution in [0.5, 0.6) is 0 Å². The summed E-state index contributed by atoms with van der Waals surface area (Å²) in [7, 11) is 0. The summed E-state index contributed by atoms with van der Waals surface area (Å²) in [6.45, 7) is 1.74. The van der Waals surface area contributed by atoms with E-state index in [0.29, 0.717) is 17.3 Å². The van der Waals surface area contributed by atoms with Crippen LogP contribution in [0.2, 0.25) is 0 Å². The molecule has 9 heteroatoms. The molecule has 0 fully saturated rings. The fourth-order valence-electron chi connectivity index (χ4n) is 1.71. The Balaban J connectivity index is 0.000000231. The number of hydrogen-bond acceptors (Lipinski definition) is 5. The van der Waals surface area contributed by atoms with Crippen LogP contribution in [0.4, 0.5) is 5.82 Å². The second-order valence-corrected chi connectivity index (χ2v) is 4.70. The Morgan fingerprint density at radius 3 is 2.43 bits per heavy atom. The zero-order valence-electron chi connectivity index (χ0n) is 12.3. The van der Waals surface area contributed by atoms with E-state index in [-0.39, 0.29) is 19.0 Å². The van der Waals surface area contributed by atoms with Gasteiger partial charge in [-0.3, -0.25) is 0 Å². The number of benzene rings is 1. The second-order valence-electron chi connectivity index (χ2n) is 4.43. The highest BCUT2D eigenvalue weighted by Gasteiger charge is 2.15. The van der Waals surface area contributed by atoms with Gasteiger partial charge in [-0.1, -0.05) is 12.1 Å². The second kappa shape index (κ2) is 8.86. The summed E-state index contributed by atoms with van der Waals surface area (Å²) in [5.41, 5.74) is 1.22. The molecule has 124 valence electrons. The van der Waals surface area contributed by atoms with Crippen LogP contribution in [0.1, 0.15) is 21.7 Å². The smallest absolute Gasteiger partial charge is 0.342 e. The highest BCUT2D eigenvalue weighted by atomic mass is 35.5. The molecule has 2 rings (SSSR count). The number of aromatic nitrogens is 2. The molecule has 23 heavy (non-hydrogen) atoms. The topological polar surface area (TPSA) is 118 Å². The quantitative estimate of drug-likeness (QED) is 0.489. The first-order chi connectivity index (χ1) is 10.9. The molecule has 0 aliphatic carbocycles. The van der Waals surface area contributed by atoms with Crippen LogP contribution >= 0.6 is 11.6 Å². The van der Waals surface area contributed by atoms with Crippen LogP contribution in [0, 0.1) is 17.0 Å². The monoisotopic (exact) mass is 341 g/mol. The molecule has 2 N–H and O–H groups in total. The Hall–Kier alpha value is -2.45. The van der Waals surface area contributed by atoms with Crippen molar-refractivity contribution in [1.29, 1.82) is 0 Å². The number of aromatic carboxylic acids is 1. The van der Waals surface area contributed by atoms with Crippen molar-refractivity contribution in [1.82, 2.24) is 9.55 Å². The van der Waals surface area contributed by atoms with Crippen LogP contribution in [-0.4, -0.2) is 37.3 Å². The number of carbonyl (C=O) groups is 1. The third kappa shape index (κ3) is 5.35. The zero-order chi connectivity index (χ0) is 17.4. The Morgan fingerprint density at radius 1 is 1.39 bits per heavy atom. The minimum absolute atomic E-state index is 0.0819. The van der Waals surface area contributed by atoms with Gasteiger partial charge >= 0.3 is 11.8 Å². The third-order valence-corrected chi connectivity index (χ3v) is 3.21. The molecular weight excluding hydrogens is 326 g/mol. The first kappa shape index (κ1) is 18.6. The number of nitro groups is 1. The predicted molar refractivity (Wildman–Crippen MR) is 83.7 cm³/mol. The lowest BCUT2D eigenvalue weighted by atomic mass is 10.1. The lowest BCUT2D eigenvalue weighted by Gasteiger charge is -1.98. The van der Waals surface area contributed by atoms with Crippen molar-refractivity contribution in [2.24, 2.45) is 0 Å². The summed E-state index contributed by atoms with van der Waals surface area (Å²) >= 11 is 5.51. The lowest BCUT2D eigenvalue weighted by Crippen LogP contribution is -2.07. The summed E-state index contributed by atoms with van der Waals surface area (Å²) in [5, 5.41) is 27.5. The number of aliphatic hydroxyl groups excluding tert-OH is 1. The van der Waals surface area contributed by atoms with Crippen molar-refractivity contribution in [3.8, 4) is 0 Å². The number of alkyl halides is 1. The number of carboxylic acids is 1. The molecule has 8 nitrogen and oxygen atoms in total. The number of hydrogen-bond donors (Lipinski definition) is 2. The van der Waals surface area contributed by atoms with Crippen LogP contribution in [0.15, 0.2) is 30.5 Å². The molecule has 0 atom stereocenters. The Kier molecular flexibility index (Phi) is 7.17. The molecule has 0 spiro atoms. The third-order valence-electron chi connectivity index (χ3n) is 2.90. The van der Waals surface area contributed by atoms with Gasteiger partial charge in [0.1, 0.15) is 12.7 Å². The average molecular weight is 342 g/mol. The normalized spacial score (nSPS) is 9.87. The van der Waals surface area contributed by atoms with Gasteiger partial charge in [-0.15, -0.1) is 11.6 Å². The molecule has 0 radical (unpaired) electrons. The van der Waals surface area contributed by atoms with Crippen molar-refractivity contribution in [3.63, 3.8) is 0 Å². The fraction of sp³-hybridized carbons (Fsp3) is 0.286. The van der Waals surface area contributed by atoms with Gasteiger partial charge in [0.2, 0.25) is 0 Å². The van der Waals surface area contributed by atoms with E-state index in [1.165, 1.54) is 10.8 Å². The van der Waals surface area contributed by atoms with Crippen molar-refractivity contribution in [2.45, 2.75) is 19.3 Å². The molecule has 0 amide bonds.